The number of para-hydroxylation sites is 2. The van der Waals surface area contributed by atoms with E-state index in [4.69, 9.17) is 4.74 Å². The van der Waals surface area contributed by atoms with Gasteiger partial charge >= 0.3 is 11.8 Å². The minimum Gasteiger partial charge on any atom is -0.495 e. The van der Waals surface area contributed by atoms with Crippen molar-refractivity contribution in [2.75, 3.05) is 38.6 Å². The van der Waals surface area contributed by atoms with Crippen molar-refractivity contribution in [3.8, 4) is 5.75 Å². The lowest BCUT2D eigenvalue weighted by atomic mass is 10.3. The molecule has 0 unspecified atom stereocenters. The maximum Gasteiger partial charge on any atom is 0.314 e. The van der Waals surface area contributed by atoms with Crippen molar-refractivity contribution < 1.29 is 14.3 Å². The highest BCUT2D eigenvalue weighted by atomic mass is 16.5. The van der Waals surface area contributed by atoms with Crippen molar-refractivity contribution in [3.05, 3.63) is 24.3 Å². The summed E-state index contributed by atoms with van der Waals surface area (Å²) in [7, 11) is 1.52. The third kappa shape index (κ3) is 3.48. The molecule has 0 spiro atoms. The molecule has 2 rings (SSSR count). The summed E-state index contributed by atoms with van der Waals surface area (Å²) < 4.78 is 5.14. The van der Waals surface area contributed by atoms with Crippen molar-refractivity contribution in [3.63, 3.8) is 0 Å². The Morgan fingerprint density at radius 1 is 1.25 bits per heavy atom. The van der Waals surface area contributed by atoms with E-state index >= 15 is 0 Å². The number of carbonyl (C=O) groups excluding carboxylic acids is 2. The molecule has 2 amide bonds. The van der Waals surface area contributed by atoms with Gasteiger partial charge in [-0.3, -0.25) is 9.59 Å². The summed E-state index contributed by atoms with van der Waals surface area (Å²) in [6, 6.07) is 7.01. The van der Waals surface area contributed by atoms with Gasteiger partial charge in [0.1, 0.15) is 5.75 Å². The van der Waals surface area contributed by atoms with Crippen molar-refractivity contribution in [1.29, 1.82) is 0 Å². The van der Waals surface area contributed by atoms with Crippen LogP contribution in [0.2, 0.25) is 0 Å². The molecule has 1 aromatic carbocycles. The SMILES string of the molecule is COc1ccccc1NC(=O)C(=O)N1CCCNCC1. The lowest BCUT2D eigenvalue weighted by Gasteiger charge is -2.19. The highest BCUT2D eigenvalue weighted by Gasteiger charge is 2.23. The molecule has 1 aliphatic rings. The van der Waals surface area contributed by atoms with Crippen LogP contribution < -0.4 is 15.4 Å². The molecule has 108 valence electrons. The minimum atomic E-state index is -0.628. The Balaban J connectivity index is 2.01. The molecule has 2 N–H and O–H groups in total. The third-order valence-electron chi connectivity index (χ3n) is 3.18. The van der Waals surface area contributed by atoms with E-state index in [-0.39, 0.29) is 0 Å². The van der Waals surface area contributed by atoms with E-state index in [1.54, 1.807) is 29.2 Å². The number of ether oxygens (including phenoxy) is 1. The zero-order valence-electron chi connectivity index (χ0n) is 11.5. The largest absolute Gasteiger partial charge is 0.495 e. The lowest BCUT2D eigenvalue weighted by molar-refractivity contribution is -0.143. The number of amides is 2. The Kier molecular flexibility index (Phi) is 4.95. The summed E-state index contributed by atoms with van der Waals surface area (Å²) in [5.41, 5.74) is 0.501. The molecule has 1 fully saturated rings. The summed E-state index contributed by atoms with van der Waals surface area (Å²) in [5.74, 6) is -0.595. The van der Waals surface area contributed by atoms with Gasteiger partial charge in [0.15, 0.2) is 0 Å². The first kappa shape index (κ1) is 14.3. The molecule has 0 bridgehead atoms. The number of nitrogens with zero attached hydrogens (tertiary/aromatic N) is 1. The van der Waals surface area contributed by atoms with E-state index in [9.17, 15) is 9.59 Å². The fraction of sp³-hybridized carbons (Fsp3) is 0.429. The van der Waals surface area contributed by atoms with E-state index < -0.39 is 11.8 Å². The Morgan fingerprint density at radius 3 is 2.85 bits per heavy atom. The molecule has 1 aliphatic heterocycles. The number of hydrogen-bond acceptors (Lipinski definition) is 4. The van der Waals surface area contributed by atoms with Crippen molar-refractivity contribution in [1.82, 2.24) is 10.2 Å². The van der Waals surface area contributed by atoms with E-state index in [1.807, 2.05) is 0 Å². The van der Waals surface area contributed by atoms with Crippen LogP contribution in [0.25, 0.3) is 0 Å². The van der Waals surface area contributed by atoms with Gasteiger partial charge in [0.05, 0.1) is 12.8 Å². The van der Waals surface area contributed by atoms with Crippen LogP contribution in [-0.2, 0) is 9.59 Å². The van der Waals surface area contributed by atoms with Gasteiger partial charge in [-0.2, -0.15) is 0 Å². The number of anilines is 1. The van der Waals surface area contributed by atoms with Crippen LogP contribution in [-0.4, -0.2) is 50.0 Å². The lowest BCUT2D eigenvalue weighted by Crippen LogP contribution is -2.41. The van der Waals surface area contributed by atoms with Gasteiger partial charge in [0.2, 0.25) is 0 Å². The van der Waals surface area contributed by atoms with Crippen LogP contribution in [0.3, 0.4) is 0 Å². The van der Waals surface area contributed by atoms with E-state index in [0.29, 0.717) is 31.1 Å². The average molecular weight is 277 g/mol. The first-order valence-corrected chi connectivity index (χ1v) is 6.66. The summed E-state index contributed by atoms with van der Waals surface area (Å²) in [6.45, 7) is 2.74. The van der Waals surface area contributed by atoms with Crippen LogP contribution in [0.15, 0.2) is 24.3 Å². The fourth-order valence-corrected chi connectivity index (χ4v) is 2.12. The maximum atomic E-state index is 12.1. The first-order chi connectivity index (χ1) is 9.72. The smallest absolute Gasteiger partial charge is 0.314 e. The van der Waals surface area contributed by atoms with Crippen LogP contribution in [0.1, 0.15) is 6.42 Å². The minimum absolute atomic E-state index is 0.500. The van der Waals surface area contributed by atoms with Crippen LogP contribution in [0.4, 0.5) is 5.69 Å². The molecule has 0 saturated carbocycles. The molecule has 1 heterocycles. The van der Waals surface area contributed by atoms with Gasteiger partial charge in [-0.25, -0.2) is 0 Å². The number of carbonyl (C=O) groups is 2. The average Bonchev–Trinajstić information content (AvgIpc) is 2.76. The third-order valence-corrected chi connectivity index (χ3v) is 3.18. The van der Waals surface area contributed by atoms with E-state index in [1.165, 1.54) is 7.11 Å². The summed E-state index contributed by atoms with van der Waals surface area (Å²) in [4.78, 5) is 25.7. The molecule has 6 nitrogen and oxygen atoms in total. The maximum absolute atomic E-state index is 12.1. The molecule has 20 heavy (non-hydrogen) atoms. The number of hydrogen-bond donors (Lipinski definition) is 2. The van der Waals surface area contributed by atoms with E-state index in [2.05, 4.69) is 10.6 Å². The van der Waals surface area contributed by atoms with Crippen LogP contribution in [0, 0.1) is 0 Å². The molecule has 0 atom stereocenters. The molecule has 0 aromatic heterocycles. The molecular weight excluding hydrogens is 258 g/mol. The second-order valence-corrected chi connectivity index (χ2v) is 4.55. The fourth-order valence-electron chi connectivity index (χ4n) is 2.12. The first-order valence-electron chi connectivity index (χ1n) is 6.66. The molecule has 0 aliphatic carbocycles. The predicted octanol–water partition coefficient (Wildman–Crippen LogP) is 0.456. The second-order valence-electron chi connectivity index (χ2n) is 4.55. The van der Waals surface area contributed by atoms with Gasteiger partial charge in [0.25, 0.3) is 0 Å². The molecule has 1 saturated heterocycles. The van der Waals surface area contributed by atoms with Gasteiger partial charge in [0, 0.05) is 19.6 Å². The van der Waals surface area contributed by atoms with E-state index in [0.717, 1.165) is 13.0 Å². The van der Waals surface area contributed by atoms with Gasteiger partial charge in [-0.05, 0) is 25.1 Å². The van der Waals surface area contributed by atoms with Crippen molar-refractivity contribution >= 4 is 17.5 Å². The monoisotopic (exact) mass is 277 g/mol. The summed E-state index contributed by atoms with van der Waals surface area (Å²) in [6.07, 6.45) is 0.855. The molecular formula is C14H19N3O3. The number of methoxy groups -OCH3 is 1. The standard InChI is InChI=1S/C14H19N3O3/c1-20-12-6-3-2-5-11(12)16-13(18)14(19)17-9-4-7-15-8-10-17/h2-3,5-6,15H,4,7-10H2,1H3,(H,16,18). The number of nitrogens with one attached hydrogen (secondary N) is 2. The van der Waals surface area contributed by atoms with Gasteiger partial charge in [-0.15, -0.1) is 0 Å². The molecule has 6 heteroatoms. The zero-order valence-corrected chi connectivity index (χ0v) is 11.5. The zero-order chi connectivity index (χ0) is 14.4. The van der Waals surface area contributed by atoms with Gasteiger partial charge < -0.3 is 20.3 Å². The Hall–Kier alpha value is -2.08. The number of benzene rings is 1. The van der Waals surface area contributed by atoms with Crippen molar-refractivity contribution in [2.45, 2.75) is 6.42 Å². The van der Waals surface area contributed by atoms with Crippen molar-refractivity contribution in [2.24, 2.45) is 0 Å². The summed E-state index contributed by atoms with van der Waals surface area (Å²) >= 11 is 0. The number of rotatable bonds is 2. The highest BCUT2D eigenvalue weighted by molar-refractivity contribution is 6.39. The normalized spacial score (nSPS) is 15.3. The Morgan fingerprint density at radius 2 is 2.05 bits per heavy atom. The van der Waals surface area contributed by atoms with Crippen LogP contribution in [0.5, 0.6) is 5.75 Å². The summed E-state index contributed by atoms with van der Waals surface area (Å²) in [5, 5.41) is 5.80. The highest BCUT2D eigenvalue weighted by Crippen LogP contribution is 2.22. The Bertz CT molecular complexity index is 482. The molecule has 1 aromatic rings. The topological polar surface area (TPSA) is 70.7 Å². The quantitative estimate of drug-likeness (QED) is 0.770. The van der Waals surface area contributed by atoms with Crippen LogP contribution >= 0.6 is 0 Å². The second kappa shape index (κ2) is 6.91. The predicted molar refractivity (Wildman–Crippen MR) is 75.7 cm³/mol. The van der Waals surface area contributed by atoms with Gasteiger partial charge in [-0.1, -0.05) is 12.1 Å². The molecule has 0 radical (unpaired) electrons. The Labute approximate surface area is 118 Å².